The first-order valence-corrected chi connectivity index (χ1v) is 11.0. The number of nitrogens with one attached hydrogen (secondary N) is 2. The molecule has 6 heteroatoms. The molecule has 0 bridgehead atoms. The van der Waals surface area contributed by atoms with Gasteiger partial charge in [-0.15, -0.1) is 11.3 Å². The van der Waals surface area contributed by atoms with Crippen molar-refractivity contribution < 1.29 is 9.69 Å². The molecule has 0 spiro atoms. The molecule has 1 aliphatic heterocycles. The maximum absolute atomic E-state index is 12.6. The largest absolute Gasteiger partial charge is 0.360 e. The zero-order valence-corrected chi connectivity index (χ0v) is 17.5. The van der Waals surface area contributed by atoms with Crippen LogP contribution in [0.3, 0.4) is 0 Å². The molecule has 0 radical (unpaired) electrons. The fraction of sp³-hybridized carbons (Fsp3) is 0.304. The van der Waals surface area contributed by atoms with E-state index in [2.05, 4.69) is 53.5 Å². The third kappa shape index (κ3) is 4.83. The Kier molecular flexibility index (Phi) is 6.22. The Bertz CT molecular complexity index is 934. The highest BCUT2D eigenvalue weighted by molar-refractivity contribution is 7.16. The fourth-order valence-corrected chi connectivity index (χ4v) is 4.69. The lowest BCUT2D eigenvalue weighted by molar-refractivity contribution is -0.892. The predicted molar refractivity (Wildman–Crippen MR) is 120 cm³/mol. The molecule has 1 aliphatic rings. The Hall–Kier alpha value is -2.70. The highest BCUT2D eigenvalue weighted by Gasteiger charge is 2.23. The van der Waals surface area contributed by atoms with Crippen molar-refractivity contribution in [2.24, 2.45) is 0 Å². The third-order valence-corrected chi connectivity index (χ3v) is 6.43. The van der Waals surface area contributed by atoms with Crippen molar-refractivity contribution in [2.75, 3.05) is 42.9 Å². The predicted octanol–water partition coefficient (Wildman–Crippen LogP) is 2.72. The van der Waals surface area contributed by atoms with Crippen LogP contribution in [0.15, 0.2) is 60.7 Å². The van der Waals surface area contributed by atoms with Crippen LogP contribution in [-0.2, 0) is 11.2 Å². The second-order valence-corrected chi connectivity index (χ2v) is 8.39. The van der Waals surface area contributed by atoms with Crippen LogP contribution in [0.1, 0.15) is 11.8 Å². The van der Waals surface area contributed by atoms with E-state index in [9.17, 15) is 4.79 Å². The number of carbonyl (C=O) groups is 1. The topological polar surface area (TPSA) is 49.7 Å². The number of aryl methyl sites for hydroxylation is 1. The van der Waals surface area contributed by atoms with Crippen LogP contribution < -0.4 is 15.1 Å². The monoisotopic (exact) mass is 407 g/mol. The van der Waals surface area contributed by atoms with Gasteiger partial charge >= 0.3 is 0 Å². The van der Waals surface area contributed by atoms with Crippen LogP contribution in [0.25, 0.3) is 11.3 Å². The van der Waals surface area contributed by atoms with Gasteiger partial charge in [0.15, 0.2) is 11.7 Å². The van der Waals surface area contributed by atoms with E-state index in [0.717, 1.165) is 43.9 Å². The first kappa shape index (κ1) is 19.6. The fourth-order valence-electron chi connectivity index (χ4n) is 3.75. The number of aromatic nitrogens is 1. The number of carbonyl (C=O) groups excluding carboxylic acids is 1. The van der Waals surface area contributed by atoms with E-state index in [4.69, 9.17) is 4.98 Å². The maximum atomic E-state index is 12.6. The molecule has 2 N–H and O–H groups in total. The summed E-state index contributed by atoms with van der Waals surface area (Å²) in [6.07, 6.45) is 0.907. The Morgan fingerprint density at radius 3 is 2.38 bits per heavy atom. The van der Waals surface area contributed by atoms with Gasteiger partial charge in [0.25, 0.3) is 5.91 Å². The molecule has 150 valence electrons. The average molecular weight is 408 g/mol. The van der Waals surface area contributed by atoms with Gasteiger partial charge in [-0.3, -0.25) is 10.1 Å². The van der Waals surface area contributed by atoms with Crippen molar-refractivity contribution in [3.8, 4) is 11.3 Å². The average Bonchev–Trinajstić information content (AvgIpc) is 3.18. The standard InChI is InChI=1S/C23H26N4OS/c1-2-20-22(18-9-5-3-6-10-18)25-23(29-20)24-21(28)17-26-13-15-27(16-14-26)19-11-7-4-8-12-19/h3-12H,2,13-17H2,1H3,(H,24,25,28)/p+1. The third-order valence-electron chi connectivity index (χ3n) is 5.31. The molecule has 1 saturated heterocycles. The summed E-state index contributed by atoms with van der Waals surface area (Å²) >= 11 is 1.58. The number of nitrogens with zero attached hydrogens (tertiary/aromatic N) is 2. The molecule has 1 aromatic heterocycles. The first-order valence-electron chi connectivity index (χ1n) is 10.2. The minimum Gasteiger partial charge on any atom is -0.360 e. The number of benzene rings is 2. The van der Waals surface area contributed by atoms with E-state index >= 15 is 0 Å². The Morgan fingerprint density at radius 1 is 1.07 bits per heavy atom. The van der Waals surface area contributed by atoms with Crippen molar-refractivity contribution in [1.82, 2.24) is 4.98 Å². The van der Waals surface area contributed by atoms with E-state index in [-0.39, 0.29) is 5.91 Å². The van der Waals surface area contributed by atoms with Crippen molar-refractivity contribution in [2.45, 2.75) is 13.3 Å². The molecule has 5 nitrogen and oxygen atoms in total. The van der Waals surface area contributed by atoms with Crippen molar-refractivity contribution in [3.63, 3.8) is 0 Å². The molecule has 1 fully saturated rings. The van der Waals surface area contributed by atoms with Crippen LogP contribution in [0.2, 0.25) is 0 Å². The van der Waals surface area contributed by atoms with E-state index in [0.29, 0.717) is 11.7 Å². The molecule has 29 heavy (non-hydrogen) atoms. The van der Waals surface area contributed by atoms with Gasteiger partial charge < -0.3 is 9.80 Å². The van der Waals surface area contributed by atoms with Gasteiger partial charge in [-0.25, -0.2) is 4.98 Å². The minimum absolute atomic E-state index is 0.0455. The van der Waals surface area contributed by atoms with Gasteiger partial charge in [0.2, 0.25) is 0 Å². The normalized spacial score (nSPS) is 14.7. The van der Waals surface area contributed by atoms with Gasteiger partial charge in [-0.05, 0) is 18.6 Å². The quantitative estimate of drug-likeness (QED) is 0.661. The van der Waals surface area contributed by atoms with Gasteiger partial charge in [-0.1, -0.05) is 55.5 Å². The molecule has 0 aliphatic carbocycles. The minimum atomic E-state index is 0.0455. The molecule has 2 aromatic carbocycles. The molecule has 0 saturated carbocycles. The molecule has 0 atom stereocenters. The molecule has 2 heterocycles. The zero-order valence-electron chi connectivity index (χ0n) is 16.7. The molecule has 3 aromatic rings. The SMILES string of the molecule is CCc1sc(NC(=O)C[NH+]2CCN(c3ccccc3)CC2)nc1-c1ccccc1. The second kappa shape index (κ2) is 9.20. The van der Waals surface area contributed by atoms with E-state index < -0.39 is 0 Å². The summed E-state index contributed by atoms with van der Waals surface area (Å²) in [7, 11) is 0. The number of piperazine rings is 1. The molecule has 0 unspecified atom stereocenters. The highest BCUT2D eigenvalue weighted by atomic mass is 32.1. The first-order chi connectivity index (χ1) is 14.2. The van der Waals surface area contributed by atoms with Gasteiger partial charge in [-0.2, -0.15) is 0 Å². The van der Waals surface area contributed by atoms with Gasteiger partial charge in [0.05, 0.1) is 31.9 Å². The Morgan fingerprint density at radius 2 is 1.72 bits per heavy atom. The zero-order chi connectivity index (χ0) is 20.1. The lowest BCUT2D eigenvalue weighted by Gasteiger charge is -2.33. The van der Waals surface area contributed by atoms with Gasteiger partial charge in [0, 0.05) is 16.1 Å². The second-order valence-electron chi connectivity index (χ2n) is 7.31. The number of thiazole rings is 1. The Labute approximate surface area is 176 Å². The number of amides is 1. The summed E-state index contributed by atoms with van der Waals surface area (Å²) in [6.45, 7) is 6.50. The smallest absolute Gasteiger partial charge is 0.281 e. The summed E-state index contributed by atoms with van der Waals surface area (Å²) in [5.41, 5.74) is 3.35. The van der Waals surface area contributed by atoms with Crippen LogP contribution in [0.4, 0.5) is 10.8 Å². The summed E-state index contributed by atoms with van der Waals surface area (Å²) in [5, 5.41) is 3.73. The number of hydrogen-bond acceptors (Lipinski definition) is 4. The molecule has 1 amide bonds. The van der Waals surface area contributed by atoms with Crippen molar-refractivity contribution >= 4 is 28.1 Å². The van der Waals surface area contributed by atoms with Crippen LogP contribution in [0, 0.1) is 0 Å². The number of para-hydroxylation sites is 1. The van der Waals surface area contributed by atoms with Gasteiger partial charge in [0.1, 0.15) is 0 Å². The van der Waals surface area contributed by atoms with E-state index in [1.54, 1.807) is 11.3 Å². The van der Waals surface area contributed by atoms with Crippen LogP contribution in [0.5, 0.6) is 0 Å². The van der Waals surface area contributed by atoms with E-state index in [1.165, 1.54) is 15.5 Å². The summed E-state index contributed by atoms with van der Waals surface area (Å²) in [5.74, 6) is 0.0455. The summed E-state index contributed by atoms with van der Waals surface area (Å²) < 4.78 is 0. The van der Waals surface area contributed by atoms with Crippen LogP contribution >= 0.6 is 11.3 Å². The number of rotatable bonds is 6. The van der Waals surface area contributed by atoms with Crippen molar-refractivity contribution in [3.05, 3.63) is 65.5 Å². The number of hydrogen-bond donors (Lipinski definition) is 2. The Balaban J connectivity index is 1.33. The number of quaternary nitrogens is 1. The molecular weight excluding hydrogens is 380 g/mol. The van der Waals surface area contributed by atoms with Crippen molar-refractivity contribution in [1.29, 1.82) is 0 Å². The molecular formula is C23H27N4OS+. The lowest BCUT2D eigenvalue weighted by Crippen LogP contribution is -3.15. The van der Waals surface area contributed by atoms with Crippen LogP contribution in [-0.4, -0.2) is 43.6 Å². The van der Waals surface area contributed by atoms with E-state index in [1.807, 2.05) is 24.3 Å². The lowest BCUT2D eigenvalue weighted by atomic mass is 10.1. The highest BCUT2D eigenvalue weighted by Crippen LogP contribution is 2.31. The summed E-state index contributed by atoms with van der Waals surface area (Å²) in [6, 6.07) is 20.7. The number of anilines is 2. The summed E-state index contributed by atoms with van der Waals surface area (Å²) in [4.78, 5) is 22.2. The maximum Gasteiger partial charge on any atom is 0.281 e. The molecule has 4 rings (SSSR count).